The third-order valence-corrected chi connectivity index (χ3v) is 4.17. The zero-order valence-corrected chi connectivity index (χ0v) is 14.2. The minimum atomic E-state index is -1.13. The first-order valence-corrected chi connectivity index (χ1v) is 7.90. The Balaban J connectivity index is 2.21. The summed E-state index contributed by atoms with van der Waals surface area (Å²) in [5, 5.41) is 11.7. The van der Waals surface area contributed by atoms with Gasteiger partial charge in [0.05, 0.1) is 12.7 Å². The van der Waals surface area contributed by atoms with Crippen LogP contribution in [0.15, 0.2) is 18.2 Å². The molecule has 7 nitrogen and oxygen atoms in total. The van der Waals surface area contributed by atoms with Crippen LogP contribution in [0.2, 0.25) is 5.02 Å². The molecular formula is C16H19ClN2O5. The van der Waals surface area contributed by atoms with Crippen LogP contribution in [0.25, 0.3) is 0 Å². The van der Waals surface area contributed by atoms with Gasteiger partial charge in [0.2, 0.25) is 5.91 Å². The number of nitrogens with zero attached hydrogens (tertiary/aromatic N) is 1. The summed E-state index contributed by atoms with van der Waals surface area (Å²) in [7, 11) is 1.45. The van der Waals surface area contributed by atoms with E-state index >= 15 is 0 Å². The van der Waals surface area contributed by atoms with Crippen LogP contribution < -0.4 is 10.1 Å². The summed E-state index contributed by atoms with van der Waals surface area (Å²) in [6.07, 6.45) is 1.14. The average molecular weight is 355 g/mol. The second-order valence-corrected chi connectivity index (χ2v) is 6.01. The van der Waals surface area contributed by atoms with Crippen molar-refractivity contribution >= 4 is 29.4 Å². The van der Waals surface area contributed by atoms with Gasteiger partial charge in [-0.25, -0.2) is 0 Å². The van der Waals surface area contributed by atoms with E-state index in [4.69, 9.17) is 21.4 Å². The fraction of sp³-hybridized carbons (Fsp3) is 0.438. The average Bonchev–Trinajstić information content (AvgIpc) is 3.03. The Morgan fingerprint density at radius 2 is 2.12 bits per heavy atom. The number of rotatable bonds is 5. The zero-order chi connectivity index (χ0) is 17.9. The molecule has 1 aromatic carbocycles. The molecule has 1 unspecified atom stereocenters. The Bertz CT molecular complexity index is 664. The highest BCUT2D eigenvalue weighted by molar-refractivity contribution is 6.31. The second-order valence-electron chi connectivity index (χ2n) is 5.57. The third-order valence-electron chi connectivity index (χ3n) is 3.94. The minimum absolute atomic E-state index is 0.274. The Morgan fingerprint density at radius 1 is 1.42 bits per heavy atom. The Kier molecular flexibility index (Phi) is 5.66. The van der Waals surface area contributed by atoms with Gasteiger partial charge in [-0.2, -0.15) is 0 Å². The van der Waals surface area contributed by atoms with Crippen molar-refractivity contribution in [3.05, 3.63) is 28.8 Å². The molecule has 130 valence electrons. The van der Waals surface area contributed by atoms with Crippen molar-refractivity contribution in [3.63, 3.8) is 0 Å². The van der Waals surface area contributed by atoms with Gasteiger partial charge < -0.3 is 20.1 Å². The number of ether oxygens (including phenoxy) is 1. The number of carbonyl (C=O) groups excluding carboxylic acids is 2. The number of carboxylic acid groups (broad SMARTS) is 1. The Hall–Kier alpha value is -2.28. The van der Waals surface area contributed by atoms with Gasteiger partial charge in [-0.05, 0) is 38.0 Å². The van der Waals surface area contributed by atoms with Crippen molar-refractivity contribution in [3.8, 4) is 5.75 Å². The summed E-state index contributed by atoms with van der Waals surface area (Å²) in [4.78, 5) is 37.4. The van der Waals surface area contributed by atoms with E-state index in [2.05, 4.69) is 5.32 Å². The van der Waals surface area contributed by atoms with Crippen LogP contribution in [0, 0.1) is 0 Å². The van der Waals surface area contributed by atoms with Gasteiger partial charge in [0.25, 0.3) is 5.91 Å². The molecule has 1 aromatic rings. The maximum atomic E-state index is 12.8. The Labute approximate surface area is 144 Å². The quantitative estimate of drug-likeness (QED) is 0.836. The van der Waals surface area contributed by atoms with Crippen LogP contribution in [0.1, 0.15) is 30.1 Å². The van der Waals surface area contributed by atoms with Crippen LogP contribution in [0.4, 0.5) is 0 Å². The van der Waals surface area contributed by atoms with Crippen LogP contribution in [0.5, 0.6) is 5.75 Å². The first kappa shape index (κ1) is 18.1. The first-order chi connectivity index (χ1) is 11.3. The molecule has 0 aliphatic carbocycles. The van der Waals surface area contributed by atoms with Crippen molar-refractivity contribution < 1.29 is 24.2 Å². The molecule has 2 atom stereocenters. The lowest BCUT2D eigenvalue weighted by molar-refractivity contribution is -0.141. The normalized spacial score (nSPS) is 18.1. The summed E-state index contributed by atoms with van der Waals surface area (Å²) in [6.45, 7) is 1.79. The molecule has 1 aliphatic heterocycles. The van der Waals surface area contributed by atoms with E-state index in [1.165, 1.54) is 25.0 Å². The van der Waals surface area contributed by atoms with Crippen molar-refractivity contribution in [1.29, 1.82) is 0 Å². The molecule has 2 rings (SSSR count). The summed E-state index contributed by atoms with van der Waals surface area (Å²) in [5.41, 5.74) is 0.274. The molecule has 0 aromatic heterocycles. The summed E-state index contributed by atoms with van der Waals surface area (Å²) in [6, 6.07) is 2.97. The second kappa shape index (κ2) is 7.53. The van der Waals surface area contributed by atoms with E-state index in [-0.39, 0.29) is 11.5 Å². The number of hydrogen-bond donors (Lipinski definition) is 2. The third kappa shape index (κ3) is 3.79. The molecule has 8 heteroatoms. The lowest BCUT2D eigenvalue weighted by Crippen LogP contribution is -2.50. The summed E-state index contributed by atoms with van der Waals surface area (Å²) < 4.78 is 5.19. The monoisotopic (exact) mass is 354 g/mol. The standard InChI is InChI=1S/C16H19ClN2O5/c1-9(16(22)23)18-14(20)12-4-3-7-19(12)15(21)11-8-10(17)5-6-13(11)24-2/h5-6,8-9,12H,3-4,7H2,1-2H3,(H,18,20)(H,22,23)/t9-,12?/m1/s1. The van der Waals surface area contributed by atoms with Gasteiger partial charge in [-0.1, -0.05) is 11.6 Å². The number of hydrogen-bond acceptors (Lipinski definition) is 4. The van der Waals surface area contributed by atoms with Crippen molar-refractivity contribution in [2.75, 3.05) is 13.7 Å². The van der Waals surface area contributed by atoms with Crippen molar-refractivity contribution in [2.24, 2.45) is 0 Å². The number of carboxylic acids is 1. The van der Waals surface area contributed by atoms with E-state index in [0.29, 0.717) is 30.2 Å². The van der Waals surface area contributed by atoms with Crippen LogP contribution in [-0.4, -0.2) is 53.5 Å². The summed E-state index contributed by atoms with van der Waals surface area (Å²) >= 11 is 5.96. The fourth-order valence-corrected chi connectivity index (χ4v) is 2.83. The molecule has 0 saturated carbocycles. The van der Waals surface area contributed by atoms with E-state index in [0.717, 1.165) is 0 Å². The predicted octanol–water partition coefficient (Wildman–Crippen LogP) is 1.54. The van der Waals surface area contributed by atoms with Gasteiger partial charge >= 0.3 is 5.97 Å². The number of likely N-dealkylation sites (tertiary alicyclic amines) is 1. The minimum Gasteiger partial charge on any atom is -0.496 e. The number of nitrogens with one attached hydrogen (secondary N) is 1. The van der Waals surface area contributed by atoms with Crippen LogP contribution in [-0.2, 0) is 9.59 Å². The maximum absolute atomic E-state index is 12.8. The van der Waals surface area contributed by atoms with E-state index < -0.39 is 24.0 Å². The molecule has 24 heavy (non-hydrogen) atoms. The van der Waals surface area contributed by atoms with Crippen LogP contribution >= 0.6 is 11.6 Å². The van der Waals surface area contributed by atoms with Gasteiger partial charge in [0, 0.05) is 11.6 Å². The predicted molar refractivity (Wildman–Crippen MR) is 87.3 cm³/mol. The highest BCUT2D eigenvalue weighted by Crippen LogP contribution is 2.27. The van der Waals surface area contributed by atoms with E-state index in [1.54, 1.807) is 12.1 Å². The smallest absolute Gasteiger partial charge is 0.325 e. The highest BCUT2D eigenvalue weighted by atomic mass is 35.5. The SMILES string of the molecule is COc1ccc(Cl)cc1C(=O)N1CCCC1C(=O)N[C@H](C)C(=O)O. The molecule has 2 amide bonds. The Morgan fingerprint density at radius 3 is 2.75 bits per heavy atom. The lowest BCUT2D eigenvalue weighted by Gasteiger charge is -2.25. The van der Waals surface area contributed by atoms with Gasteiger partial charge in [-0.3, -0.25) is 14.4 Å². The van der Waals surface area contributed by atoms with Crippen molar-refractivity contribution in [1.82, 2.24) is 10.2 Å². The molecule has 0 radical (unpaired) electrons. The molecule has 2 N–H and O–H groups in total. The molecule has 0 spiro atoms. The highest BCUT2D eigenvalue weighted by Gasteiger charge is 2.36. The number of methoxy groups -OCH3 is 1. The molecular weight excluding hydrogens is 336 g/mol. The van der Waals surface area contributed by atoms with E-state index in [1.807, 2.05) is 0 Å². The summed E-state index contributed by atoms with van der Waals surface area (Å²) in [5.74, 6) is -1.60. The molecule has 1 saturated heterocycles. The number of benzene rings is 1. The largest absolute Gasteiger partial charge is 0.496 e. The lowest BCUT2D eigenvalue weighted by atomic mass is 10.1. The van der Waals surface area contributed by atoms with Gasteiger partial charge in [0.1, 0.15) is 17.8 Å². The number of carbonyl (C=O) groups is 3. The molecule has 1 fully saturated rings. The topological polar surface area (TPSA) is 95.9 Å². The molecule has 0 bridgehead atoms. The fourth-order valence-electron chi connectivity index (χ4n) is 2.66. The number of halogens is 1. The first-order valence-electron chi connectivity index (χ1n) is 7.53. The molecule has 1 aliphatic rings. The van der Waals surface area contributed by atoms with Gasteiger partial charge in [0.15, 0.2) is 0 Å². The van der Waals surface area contributed by atoms with Crippen LogP contribution in [0.3, 0.4) is 0 Å². The number of aliphatic carboxylic acids is 1. The molecule has 1 heterocycles. The zero-order valence-electron chi connectivity index (χ0n) is 13.4. The number of amides is 2. The van der Waals surface area contributed by atoms with Crippen molar-refractivity contribution in [2.45, 2.75) is 31.8 Å². The maximum Gasteiger partial charge on any atom is 0.325 e. The van der Waals surface area contributed by atoms with Gasteiger partial charge in [-0.15, -0.1) is 0 Å². The van der Waals surface area contributed by atoms with E-state index in [9.17, 15) is 14.4 Å².